The number of hydrogen-bond donors (Lipinski definition) is 0. The Bertz CT molecular complexity index is 954. The molecule has 0 bridgehead atoms. The lowest BCUT2D eigenvalue weighted by Crippen LogP contribution is -2.50. The number of sulfonamides is 1. The van der Waals surface area contributed by atoms with Crippen molar-refractivity contribution in [2.24, 2.45) is 0 Å². The Morgan fingerprint density at radius 3 is 2.22 bits per heavy atom. The van der Waals surface area contributed by atoms with Gasteiger partial charge in [-0.05, 0) is 35.9 Å². The van der Waals surface area contributed by atoms with E-state index >= 15 is 0 Å². The first-order valence-corrected chi connectivity index (χ1v) is 10.5. The van der Waals surface area contributed by atoms with Crippen molar-refractivity contribution >= 4 is 45.2 Å². The van der Waals surface area contributed by atoms with Gasteiger partial charge in [-0.3, -0.25) is 4.79 Å². The zero-order chi connectivity index (χ0) is 19.4. The Morgan fingerprint density at radius 1 is 0.926 bits per heavy atom. The van der Waals surface area contributed by atoms with Crippen LogP contribution in [-0.2, 0) is 14.8 Å². The molecule has 3 rings (SSSR count). The first-order valence-electron chi connectivity index (χ1n) is 8.35. The van der Waals surface area contributed by atoms with Gasteiger partial charge < -0.3 is 4.90 Å². The number of nitrogens with zero attached hydrogens (tertiary/aromatic N) is 2. The number of hydrogen-bond acceptors (Lipinski definition) is 3. The number of amides is 1. The van der Waals surface area contributed by atoms with E-state index in [2.05, 4.69) is 0 Å². The van der Waals surface area contributed by atoms with Gasteiger partial charge in [-0.15, -0.1) is 0 Å². The summed E-state index contributed by atoms with van der Waals surface area (Å²) < 4.78 is 26.6. The van der Waals surface area contributed by atoms with Crippen LogP contribution in [0.15, 0.2) is 59.5 Å². The van der Waals surface area contributed by atoms with Crippen molar-refractivity contribution in [3.63, 3.8) is 0 Å². The SMILES string of the molecule is O=C(C=Cc1ccc(Cl)c(Cl)c1)N1CCN(S(=O)(=O)c2ccccc2)CC1. The Labute approximate surface area is 168 Å². The summed E-state index contributed by atoms with van der Waals surface area (Å²) in [5.41, 5.74) is 0.767. The Kier molecular flexibility index (Phi) is 6.22. The second-order valence-corrected chi connectivity index (χ2v) is 8.80. The minimum absolute atomic E-state index is 0.169. The second kappa shape index (κ2) is 8.44. The molecule has 0 N–H and O–H groups in total. The van der Waals surface area contributed by atoms with E-state index in [9.17, 15) is 13.2 Å². The predicted molar refractivity (Wildman–Crippen MR) is 107 cm³/mol. The summed E-state index contributed by atoms with van der Waals surface area (Å²) in [5.74, 6) is -0.169. The molecule has 0 atom stereocenters. The van der Waals surface area contributed by atoms with Crippen LogP contribution in [-0.4, -0.2) is 49.7 Å². The minimum Gasteiger partial charge on any atom is -0.337 e. The normalized spacial score (nSPS) is 16.0. The molecule has 1 aliphatic heterocycles. The number of rotatable bonds is 4. The highest BCUT2D eigenvalue weighted by Gasteiger charge is 2.29. The Hall–Kier alpha value is -1.86. The molecule has 0 unspecified atom stereocenters. The molecule has 1 amide bonds. The van der Waals surface area contributed by atoms with Gasteiger partial charge in [-0.25, -0.2) is 8.42 Å². The average Bonchev–Trinajstić information content (AvgIpc) is 2.69. The lowest BCUT2D eigenvalue weighted by molar-refractivity contribution is -0.127. The molecule has 1 fully saturated rings. The highest BCUT2D eigenvalue weighted by Crippen LogP contribution is 2.23. The maximum Gasteiger partial charge on any atom is 0.246 e. The van der Waals surface area contributed by atoms with Crippen molar-refractivity contribution in [1.82, 2.24) is 9.21 Å². The third-order valence-electron chi connectivity index (χ3n) is 4.29. The number of benzene rings is 2. The summed E-state index contributed by atoms with van der Waals surface area (Å²) in [5, 5.41) is 0.877. The fraction of sp³-hybridized carbons (Fsp3) is 0.211. The molecule has 142 valence electrons. The van der Waals surface area contributed by atoms with Crippen molar-refractivity contribution in [2.45, 2.75) is 4.90 Å². The zero-order valence-electron chi connectivity index (χ0n) is 14.4. The third kappa shape index (κ3) is 4.71. The van der Waals surface area contributed by atoms with Gasteiger partial charge >= 0.3 is 0 Å². The van der Waals surface area contributed by atoms with E-state index in [0.717, 1.165) is 5.56 Å². The molecule has 1 aliphatic rings. The largest absolute Gasteiger partial charge is 0.337 e. The molecule has 1 saturated heterocycles. The van der Waals surface area contributed by atoms with Crippen LogP contribution in [0.4, 0.5) is 0 Å². The van der Waals surface area contributed by atoms with E-state index in [1.165, 1.54) is 10.4 Å². The quantitative estimate of drug-likeness (QED) is 0.705. The van der Waals surface area contributed by atoms with Crippen molar-refractivity contribution in [2.75, 3.05) is 26.2 Å². The molecule has 27 heavy (non-hydrogen) atoms. The van der Waals surface area contributed by atoms with E-state index in [1.54, 1.807) is 59.5 Å². The lowest BCUT2D eigenvalue weighted by Gasteiger charge is -2.33. The molecular formula is C19H18Cl2N2O3S. The summed E-state index contributed by atoms with van der Waals surface area (Å²) in [6.07, 6.45) is 3.12. The van der Waals surface area contributed by atoms with Crippen LogP contribution < -0.4 is 0 Å². The predicted octanol–water partition coefficient (Wildman–Crippen LogP) is 3.54. The van der Waals surface area contributed by atoms with Gasteiger partial charge in [0.15, 0.2) is 0 Å². The maximum atomic E-state index is 12.6. The van der Waals surface area contributed by atoms with Crippen LogP contribution in [0.3, 0.4) is 0 Å². The van der Waals surface area contributed by atoms with Crippen molar-refractivity contribution < 1.29 is 13.2 Å². The first kappa shape index (κ1) is 19.9. The molecule has 0 saturated carbocycles. The summed E-state index contributed by atoms with van der Waals surface area (Å²) in [6.45, 7) is 1.22. The molecule has 0 radical (unpaired) electrons. The topological polar surface area (TPSA) is 57.7 Å². The number of piperazine rings is 1. The van der Waals surface area contributed by atoms with Crippen LogP contribution in [0, 0.1) is 0 Å². The number of halogens is 2. The lowest BCUT2D eigenvalue weighted by atomic mass is 10.2. The van der Waals surface area contributed by atoms with Crippen LogP contribution in [0.1, 0.15) is 5.56 Å². The molecule has 0 spiro atoms. The van der Waals surface area contributed by atoms with Crippen molar-refractivity contribution in [3.05, 3.63) is 70.2 Å². The van der Waals surface area contributed by atoms with Crippen LogP contribution in [0.2, 0.25) is 10.0 Å². The van der Waals surface area contributed by atoms with E-state index in [-0.39, 0.29) is 23.9 Å². The minimum atomic E-state index is -3.53. The highest BCUT2D eigenvalue weighted by atomic mass is 35.5. The first-order chi connectivity index (χ1) is 12.9. The molecule has 0 aromatic heterocycles. The van der Waals surface area contributed by atoms with E-state index in [4.69, 9.17) is 23.2 Å². The van der Waals surface area contributed by atoms with E-state index < -0.39 is 10.0 Å². The highest BCUT2D eigenvalue weighted by molar-refractivity contribution is 7.89. The second-order valence-electron chi connectivity index (χ2n) is 6.05. The maximum absolute atomic E-state index is 12.6. The molecule has 1 heterocycles. The molecule has 0 aliphatic carbocycles. The van der Waals surface area contributed by atoms with Gasteiger partial charge in [0.05, 0.1) is 14.9 Å². The molecular weight excluding hydrogens is 407 g/mol. The fourth-order valence-electron chi connectivity index (χ4n) is 2.78. The third-order valence-corrected chi connectivity index (χ3v) is 6.95. The standard InChI is InChI=1S/C19H18Cl2N2O3S/c20-17-8-6-15(14-18(17)21)7-9-19(24)22-10-12-23(13-11-22)27(25,26)16-4-2-1-3-5-16/h1-9,14H,10-13H2. The van der Waals surface area contributed by atoms with Gasteiger partial charge in [0.2, 0.25) is 15.9 Å². The fourth-order valence-corrected chi connectivity index (χ4v) is 4.53. The van der Waals surface area contributed by atoms with Gasteiger partial charge in [0, 0.05) is 32.3 Å². The van der Waals surface area contributed by atoms with E-state index in [1.807, 2.05) is 0 Å². The van der Waals surface area contributed by atoms with Crippen molar-refractivity contribution in [3.8, 4) is 0 Å². The van der Waals surface area contributed by atoms with Crippen LogP contribution in [0.5, 0.6) is 0 Å². The van der Waals surface area contributed by atoms with Crippen LogP contribution >= 0.6 is 23.2 Å². The van der Waals surface area contributed by atoms with Gasteiger partial charge in [-0.2, -0.15) is 4.31 Å². The van der Waals surface area contributed by atoms with Crippen molar-refractivity contribution in [1.29, 1.82) is 0 Å². The Morgan fingerprint density at radius 2 is 1.59 bits per heavy atom. The van der Waals surface area contributed by atoms with E-state index in [0.29, 0.717) is 23.1 Å². The molecule has 2 aromatic rings. The Balaban J connectivity index is 1.61. The summed E-state index contributed by atoms with van der Waals surface area (Å²) >= 11 is 11.8. The monoisotopic (exact) mass is 424 g/mol. The number of carbonyl (C=O) groups excluding carboxylic acids is 1. The zero-order valence-corrected chi connectivity index (χ0v) is 16.7. The smallest absolute Gasteiger partial charge is 0.246 e. The average molecular weight is 425 g/mol. The molecule has 2 aromatic carbocycles. The molecule has 5 nitrogen and oxygen atoms in total. The van der Waals surface area contributed by atoms with Gasteiger partial charge in [0.25, 0.3) is 0 Å². The van der Waals surface area contributed by atoms with Crippen LogP contribution in [0.25, 0.3) is 6.08 Å². The van der Waals surface area contributed by atoms with Gasteiger partial charge in [0.1, 0.15) is 0 Å². The number of carbonyl (C=O) groups is 1. The summed E-state index contributed by atoms with van der Waals surface area (Å²) in [4.78, 5) is 14.3. The van der Waals surface area contributed by atoms with Gasteiger partial charge in [-0.1, -0.05) is 47.5 Å². The summed E-state index contributed by atoms with van der Waals surface area (Å²) in [7, 11) is -3.53. The summed E-state index contributed by atoms with van der Waals surface area (Å²) in [6, 6.07) is 13.4. The molecule has 8 heteroatoms.